The van der Waals surface area contributed by atoms with E-state index in [2.05, 4.69) is 84.1 Å². The Bertz CT molecular complexity index is 1050. The zero-order valence-corrected chi connectivity index (χ0v) is 33.8. The molecule has 0 aliphatic heterocycles. The summed E-state index contributed by atoms with van der Waals surface area (Å²) in [5.74, 6) is 6.56. The van der Waals surface area contributed by atoms with Gasteiger partial charge in [0.1, 0.15) is 0 Å². The third-order valence-electron chi connectivity index (χ3n) is 13.5. The van der Waals surface area contributed by atoms with Gasteiger partial charge in [0.25, 0.3) is 0 Å². The van der Waals surface area contributed by atoms with E-state index in [1.807, 2.05) is 10.8 Å². The molecule has 4 N–H and O–H groups in total. The molecule has 0 aromatic heterocycles. The predicted octanol–water partition coefficient (Wildman–Crippen LogP) is 10.6. The molecule has 4 nitrogen and oxygen atoms in total. The molecule has 4 rings (SSSR count). The van der Waals surface area contributed by atoms with Crippen molar-refractivity contribution in [3.05, 3.63) is 11.6 Å². The van der Waals surface area contributed by atoms with E-state index in [1.54, 1.807) is 5.57 Å². The van der Waals surface area contributed by atoms with Crippen LogP contribution in [0.1, 0.15) is 159 Å². The molecule has 272 valence electrons. The third kappa shape index (κ3) is 10.4. The Morgan fingerprint density at radius 1 is 0.936 bits per heavy atom. The highest BCUT2D eigenvalue weighted by atomic mass is 33.1. The van der Waals surface area contributed by atoms with Gasteiger partial charge < -0.3 is 16.4 Å². The quantitative estimate of drug-likeness (QED) is 0.0903. The van der Waals surface area contributed by atoms with Gasteiger partial charge in [0.05, 0.1) is 0 Å². The Morgan fingerprint density at radius 2 is 1.66 bits per heavy atom. The van der Waals surface area contributed by atoms with Gasteiger partial charge in [-0.1, -0.05) is 87.1 Å². The summed E-state index contributed by atoms with van der Waals surface area (Å²) >= 11 is 0. The monoisotopic (exact) mass is 690 g/mol. The largest absolute Gasteiger partial charge is 0.343 e. The smallest absolute Gasteiger partial charge is 0.223 e. The highest BCUT2D eigenvalue weighted by Gasteiger charge is 2.59. The molecule has 0 heterocycles. The van der Waals surface area contributed by atoms with Crippen LogP contribution in [0, 0.1) is 46.3 Å². The van der Waals surface area contributed by atoms with Crippen molar-refractivity contribution >= 4 is 27.5 Å². The highest BCUT2D eigenvalue weighted by molar-refractivity contribution is 8.76. The minimum atomic E-state index is -0.262. The normalized spacial score (nSPS) is 33.2. The lowest BCUT2D eigenvalue weighted by molar-refractivity contribution is -0.131. The van der Waals surface area contributed by atoms with Crippen molar-refractivity contribution in [2.45, 2.75) is 175 Å². The number of nitrogens with zero attached hydrogens (tertiary/aromatic N) is 1. The lowest BCUT2D eigenvalue weighted by Gasteiger charge is -2.58. The number of carbonyl (C=O) groups excluding carboxylic acids is 1. The van der Waals surface area contributed by atoms with E-state index in [4.69, 9.17) is 11.5 Å². The number of amides is 1. The Kier molecular flexibility index (Phi) is 13.9. The van der Waals surface area contributed by atoms with Crippen LogP contribution >= 0.6 is 21.6 Å². The van der Waals surface area contributed by atoms with Gasteiger partial charge in [-0.2, -0.15) is 0 Å². The first-order valence-corrected chi connectivity index (χ1v) is 22.1. The first kappa shape index (κ1) is 39.6. The van der Waals surface area contributed by atoms with Crippen molar-refractivity contribution in [3.8, 4) is 0 Å². The summed E-state index contributed by atoms with van der Waals surface area (Å²) in [5.41, 5.74) is 14.8. The second kappa shape index (κ2) is 16.4. The van der Waals surface area contributed by atoms with E-state index in [0.29, 0.717) is 22.5 Å². The van der Waals surface area contributed by atoms with E-state index in [9.17, 15) is 4.79 Å². The van der Waals surface area contributed by atoms with Gasteiger partial charge in [-0.25, -0.2) is 0 Å². The second-order valence-electron chi connectivity index (χ2n) is 19.0. The Morgan fingerprint density at radius 3 is 2.34 bits per heavy atom. The number of allylic oxidation sites excluding steroid dienone is 2. The maximum absolute atomic E-state index is 13.3. The molecule has 4 aliphatic carbocycles. The summed E-state index contributed by atoms with van der Waals surface area (Å²) in [6.45, 7) is 22.5. The lowest BCUT2D eigenvalue weighted by Crippen LogP contribution is -2.50. The van der Waals surface area contributed by atoms with Crippen LogP contribution < -0.4 is 11.5 Å². The number of fused-ring (bicyclic) bond motifs is 5. The molecule has 0 aromatic rings. The topological polar surface area (TPSA) is 72.3 Å². The van der Waals surface area contributed by atoms with Gasteiger partial charge in [0, 0.05) is 41.6 Å². The lowest BCUT2D eigenvalue weighted by atomic mass is 9.47. The van der Waals surface area contributed by atoms with E-state index in [0.717, 1.165) is 73.6 Å². The number of hydrogen-bond donors (Lipinski definition) is 2. The predicted molar refractivity (Wildman–Crippen MR) is 208 cm³/mol. The van der Waals surface area contributed by atoms with E-state index < -0.39 is 0 Å². The second-order valence-corrected chi connectivity index (χ2v) is 21.8. The van der Waals surface area contributed by atoms with Crippen LogP contribution in [0.25, 0.3) is 0 Å². The summed E-state index contributed by atoms with van der Waals surface area (Å²) in [6.07, 6.45) is 21.4. The van der Waals surface area contributed by atoms with E-state index in [1.165, 1.54) is 70.6 Å². The fourth-order valence-corrected chi connectivity index (χ4v) is 13.3. The van der Waals surface area contributed by atoms with Gasteiger partial charge in [0.15, 0.2) is 0 Å². The minimum absolute atomic E-state index is 0.193. The van der Waals surface area contributed by atoms with Crippen molar-refractivity contribution in [1.82, 2.24) is 4.90 Å². The van der Waals surface area contributed by atoms with Crippen LogP contribution in [0.5, 0.6) is 0 Å². The van der Waals surface area contributed by atoms with Crippen LogP contribution in [0.15, 0.2) is 11.6 Å². The molecule has 0 spiro atoms. The van der Waals surface area contributed by atoms with E-state index in [-0.39, 0.29) is 17.0 Å². The molecule has 1 unspecified atom stereocenters. The summed E-state index contributed by atoms with van der Waals surface area (Å²) in [5, 5.41) is 0.684. The Hall–Kier alpha value is -0.170. The Balaban J connectivity index is 1.26. The molecule has 3 saturated carbocycles. The molecular weight excluding hydrogens is 615 g/mol. The fraction of sp³-hybridized carbons (Fsp3) is 0.927. The van der Waals surface area contributed by atoms with Gasteiger partial charge in [-0.05, 0) is 145 Å². The number of hydrogen-bond acceptors (Lipinski definition) is 5. The minimum Gasteiger partial charge on any atom is -0.343 e. The standard InChI is InChI=1S/C41H75N3OS2/c1-29(2)12-10-13-30(3)34-16-17-35-33-15-14-31-28-32(18-22-40(31,8)36(33)19-23-41(34,35)9)47-46-27-20-37(45)44(26-24-39(6,7)43)25-11-21-38(4,5)42/h14,29-30,32-36H,10-13,15-28,42-43H2,1-9H3/t30?,32-,33-,34+,35-,36-,40-,41+/m0/s1. The van der Waals surface area contributed by atoms with Gasteiger partial charge in [-0.15, -0.1) is 0 Å². The van der Waals surface area contributed by atoms with Crippen molar-refractivity contribution in [2.75, 3.05) is 18.8 Å². The molecule has 4 aliphatic rings. The molecule has 0 aromatic carbocycles. The average Bonchev–Trinajstić information content (AvgIpc) is 3.33. The zero-order chi connectivity index (χ0) is 34.6. The molecule has 0 radical (unpaired) electrons. The number of carbonyl (C=O) groups is 1. The maximum Gasteiger partial charge on any atom is 0.223 e. The first-order valence-electron chi connectivity index (χ1n) is 19.8. The molecule has 47 heavy (non-hydrogen) atoms. The van der Waals surface area contributed by atoms with Crippen molar-refractivity contribution in [3.63, 3.8) is 0 Å². The van der Waals surface area contributed by atoms with Gasteiger partial charge in [-0.3, -0.25) is 4.79 Å². The van der Waals surface area contributed by atoms with Crippen molar-refractivity contribution in [1.29, 1.82) is 0 Å². The maximum atomic E-state index is 13.3. The zero-order valence-electron chi connectivity index (χ0n) is 32.2. The van der Waals surface area contributed by atoms with Gasteiger partial charge >= 0.3 is 0 Å². The molecule has 6 heteroatoms. The van der Waals surface area contributed by atoms with Crippen LogP contribution in [0.2, 0.25) is 0 Å². The molecule has 0 saturated heterocycles. The highest BCUT2D eigenvalue weighted by Crippen LogP contribution is 2.67. The number of nitrogens with two attached hydrogens (primary N) is 2. The average molecular weight is 690 g/mol. The summed E-state index contributed by atoms with van der Waals surface area (Å²) in [6, 6.07) is 0. The molecular formula is C41H75N3OS2. The van der Waals surface area contributed by atoms with Crippen LogP contribution in [-0.2, 0) is 4.79 Å². The van der Waals surface area contributed by atoms with Crippen molar-refractivity contribution < 1.29 is 4.79 Å². The molecule has 1 amide bonds. The van der Waals surface area contributed by atoms with Gasteiger partial charge in [0.2, 0.25) is 5.91 Å². The molecule has 0 bridgehead atoms. The SMILES string of the molecule is CC(C)CCCC(C)[C@H]1CC[C@H]2[C@@H]3CC=C4C[C@@H](SSCCC(=O)N(CCCC(C)(C)N)CCC(C)(C)N)CC[C@]4(C)[C@H]3CC[C@]12C. The summed E-state index contributed by atoms with van der Waals surface area (Å²) in [4.78, 5) is 15.3. The van der Waals surface area contributed by atoms with Crippen molar-refractivity contribution in [2.24, 2.45) is 57.8 Å². The van der Waals surface area contributed by atoms with E-state index >= 15 is 0 Å². The molecule has 3 fully saturated rings. The summed E-state index contributed by atoms with van der Waals surface area (Å²) < 4.78 is 0. The van der Waals surface area contributed by atoms with Crippen LogP contribution in [-0.4, -0.2) is 46.0 Å². The third-order valence-corrected chi connectivity index (χ3v) is 16.4. The number of rotatable bonds is 17. The van der Waals surface area contributed by atoms with Crippen LogP contribution in [0.4, 0.5) is 0 Å². The summed E-state index contributed by atoms with van der Waals surface area (Å²) in [7, 11) is 4.01. The first-order chi connectivity index (χ1) is 21.9. The van der Waals surface area contributed by atoms with Crippen LogP contribution in [0.3, 0.4) is 0 Å². The molecule has 8 atom stereocenters. The fourth-order valence-electron chi connectivity index (χ4n) is 10.7. The Labute approximate surface area is 299 Å².